The minimum atomic E-state index is -3.28. The van der Waals surface area contributed by atoms with Crippen LogP contribution >= 0.6 is 0 Å². The average molecular weight is 464 g/mol. The maximum Gasteiger partial charge on any atom is 0.319 e. The molecule has 1 saturated heterocycles. The molecular formula is C21H29N5O5S. The lowest BCUT2D eigenvalue weighted by atomic mass is 10.2. The second kappa shape index (κ2) is 10.2. The third-order valence-corrected chi connectivity index (χ3v) is 5.71. The molecule has 1 aromatic carbocycles. The van der Waals surface area contributed by atoms with E-state index >= 15 is 0 Å². The van der Waals surface area contributed by atoms with E-state index in [0.717, 1.165) is 0 Å². The van der Waals surface area contributed by atoms with Gasteiger partial charge < -0.3 is 25.4 Å². The van der Waals surface area contributed by atoms with Crippen LogP contribution in [-0.2, 0) is 20.3 Å². The molecule has 1 fully saturated rings. The number of aliphatic hydroxyl groups is 1. The number of aliphatic hydroxyl groups excluding tert-OH is 1. The van der Waals surface area contributed by atoms with E-state index in [1.54, 1.807) is 37.3 Å². The van der Waals surface area contributed by atoms with Crippen LogP contribution in [0.15, 0.2) is 30.3 Å². The third kappa shape index (κ3) is 6.62. The van der Waals surface area contributed by atoms with Crippen LogP contribution in [0.1, 0.15) is 19.5 Å². The van der Waals surface area contributed by atoms with Crippen molar-refractivity contribution < 1.29 is 23.1 Å². The smallest absolute Gasteiger partial charge is 0.319 e. The van der Waals surface area contributed by atoms with Crippen LogP contribution in [0.5, 0.6) is 0 Å². The first-order valence-corrected chi connectivity index (χ1v) is 12.4. The second-order valence-corrected chi connectivity index (χ2v) is 10.1. The number of rotatable bonds is 7. The van der Waals surface area contributed by atoms with E-state index in [1.165, 1.54) is 6.26 Å². The molecule has 0 aliphatic carbocycles. The van der Waals surface area contributed by atoms with E-state index in [0.29, 0.717) is 48.3 Å². The van der Waals surface area contributed by atoms with E-state index < -0.39 is 15.9 Å². The monoisotopic (exact) mass is 463 g/mol. The number of benzene rings is 1. The first-order valence-electron chi connectivity index (χ1n) is 10.3. The van der Waals surface area contributed by atoms with Gasteiger partial charge in [-0.05, 0) is 38.1 Å². The van der Waals surface area contributed by atoms with Gasteiger partial charge in [-0.2, -0.15) is 0 Å². The first-order chi connectivity index (χ1) is 15.1. The summed E-state index contributed by atoms with van der Waals surface area (Å²) >= 11 is 0. The normalized spacial score (nSPS) is 17.6. The van der Waals surface area contributed by atoms with E-state index in [-0.39, 0.29) is 24.4 Å². The molecule has 32 heavy (non-hydrogen) atoms. The highest BCUT2D eigenvalue weighted by Gasteiger charge is 2.22. The summed E-state index contributed by atoms with van der Waals surface area (Å²) in [5, 5.41) is 14.3. The number of hydrogen-bond donors (Lipinski definition) is 3. The van der Waals surface area contributed by atoms with E-state index in [1.807, 2.05) is 6.92 Å². The zero-order valence-electron chi connectivity index (χ0n) is 18.4. The van der Waals surface area contributed by atoms with Gasteiger partial charge in [0.1, 0.15) is 5.82 Å². The van der Waals surface area contributed by atoms with Crippen molar-refractivity contribution >= 4 is 27.4 Å². The van der Waals surface area contributed by atoms with Crippen LogP contribution < -0.4 is 15.5 Å². The Balaban J connectivity index is 1.87. The molecule has 3 N–H and O–H groups in total. The average Bonchev–Trinajstić information content (AvgIpc) is 2.73. The fourth-order valence-corrected chi connectivity index (χ4v) is 3.99. The number of nitrogens with zero attached hydrogens (tertiary/aromatic N) is 3. The Hall–Kier alpha value is -2.76. The Morgan fingerprint density at radius 3 is 2.66 bits per heavy atom. The van der Waals surface area contributed by atoms with Crippen molar-refractivity contribution in [2.24, 2.45) is 0 Å². The highest BCUT2D eigenvalue weighted by molar-refractivity contribution is 7.89. The summed E-state index contributed by atoms with van der Waals surface area (Å²) in [7, 11) is -3.28. The van der Waals surface area contributed by atoms with Crippen molar-refractivity contribution in [3.63, 3.8) is 0 Å². The summed E-state index contributed by atoms with van der Waals surface area (Å²) < 4.78 is 29.3. The highest BCUT2D eigenvalue weighted by Crippen LogP contribution is 2.25. The number of amides is 2. The number of morpholine rings is 1. The Morgan fingerprint density at radius 2 is 2.03 bits per heavy atom. The van der Waals surface area contributed by atoms with Gasteiger partial charge in [0.25, 0.3) is 0 Å². The van der Waals surface area contributed by atoms with Gasteiger partial charge >= 0.3 is 6.03 Å². The van der Waals surface area contributed by atoms with Crippen molar-refractivity contribution in [2.45, 2.75) is 31.7 Å². The summed E-state index contributed by atoms with van der Waals surface area (Å²) in [5.74, 6) is 0.880. The molecule has 1 aliphatic rings. The number of hydrogen-bond acceptors (Lipinski definition) is 8. The minimum absolute atomic E-state index is 0.101. The molecule has 2 atom stereocenters. The van der Waals surface area contributed by atoms with Crippen molar-refractivity contribution in [3.05, 3.63) is 36.0 Å². The predicted molar refractivity (Wildman–Crippen MR) is 122 cm³/mol. The number of sulfone groups is 1. The zero-order valence-corrected chi connectivity index (χ0v) is 19.2. The topological polar surface area (TPSA) is 134 Å². The van der Waals surface area contributed by atoms with E-state index in [9.17, 15) is 13.2 Å². The fourth-order valence-electron chi connectivity index (χ4n) is 3.31. The quantitative estimate of drug-likeness (QED) is 0.561. The number of nitrogens with one attached hydrogen (secondary N) is 2. The lowest BCUT2D eigenvalue weighted by Gasteiger charge is -2.34. The van der Waals surface area contributed by atoms with Crippen LogP contribution in [0.4, 0.5) is 16.3 Å². The van der Waals surface area contributed by atoms with E-state index in [4.69, 9.17) is 9.84 Å². The Labute approximate surface area is 187 Å². The SMILES string of the molecule is CC(CO)NC(=O)Nc1ccc(-c2nc(CS(C)(=O)=O)cc(N3CCOC[C@@H]3C)n2)cc1. The second-order valence-electron chi connectivity index (χ2n) is 7.99. The summed E-state index contributed by atoms with van der Waals surface area (Å²) in [6.07, 6.45) is 1.18. The minimum Gasteiger partial charge on any atom is -0.394 e. The molecule has 2 heterocycles. The number of ether oxygens (including phenoxy) is 1. The maximum absolute atomic E-state index is 11.9. The van der Waals surface area contributed by atoms with E-state index in [2.05, 4.69) is 25.5 Å². The van der Waals surface area contributed by atoms with Crippen LogP contribution in [0.25, 0.3) is 11.4 Å². The predicted octanol–water partition coefficient (Wildman–Crippen LogP) is 1.42. The van der Waals surface area contributed by atoms with Crippen molar-refractivity contribution in [2.75, 3.05) is 42.8 Å². The van der Waals surface area contributed by atoms with Gasteiger partial charge in [0.15, 0.2) is 15.7 Å². The number of anilines is 2. The molecule has 3 rings (SSSR count). The molecule has 1 aromatic heterocycles. The number of aromatic nitrogens is 2. The first kappa shape index (κ1) is 23.9. The summed E-state index contributed by atoms with van der Waals surface area (Å²) in [4.78, 5) is 23.2. The van der Waals surface area contributed by atoms with Crippen molar-refractivity contribution in [1.29, 1.82) is 0 Å². The lowest BCUT2D eigenvalue weighted by molar-refractivity contribution is 0.0985. The third-order valence-electron chi connectivity index (χ3n) is 4.89. The van der Waals surface area contributed by atoms with Crippen LogP contribution in [0, 0.1) is 0 Å². The summed E-state index contributed by atoms with van der Waals surface area (Å²) in [6.45, 7) is 5.36. The van der Waals surface area contributed by atoms with Crippen molar-refractivity contribution in [1.82, 2.24) is 15.3 Å². The Bertz CT molecular complexity index is 1050. The molecule has 0 bridgehead atoms. The number of carbonyl (C=O) groups excluding carboxylic acids is 1. The van der Waals surface area contributed by atoms with Gasteiger partial charge in [-0.25, -0.2) is 23.2 Å². The van der Waals surface area contributed by atoms with Gasteiger partial charge in [-0.15, -0.1) is 0 Å². The van der Waals surface area contributed by atoms with Gasteiger partial charge in [0, 0.05) is 30.1 Å². The molecule has 0 saturated carbocycles. The molecule has 174 valence electrons. The number of carbonyl (C=O) groups is 1. The molecule has 2 amide bonds. The van der Waals surface area contributed by atoms with Crippen LogP contribution in [0.3, 0.4) is 0 Å². The molecule has 1 unspecified atom stereocenters. The molecule has 0 spiro atoms. The van der Waals surface area contributed by atoms with Crippen molar-refractivity contribution in [3.8, 4) is 11.4 Å². The Morgan fingerprint density at radius 1 is 1.31 bits per heavy atom. The number of urea groups is 1. The molecule has 1 aliphatic heterocycles. The lowest BCUT2D eigenvalue weighted by Crippen LogP contribution is -2.44. The van der Waals surface area contributed by atoms with Gasteiger partial charge in [0.05, 0.1) is 43.4 Å². The molecule has 0 radical (unpaired) electrons. The molecule has 2 aromatic rings. The van der Waals surface area contributed by atoms with Crippen LogP contribution in [-0.4, -0.2) is 74.2 Å². The zero-order chi connectivity index (χ0) is 23.3. The fraction of sp³-hybridized carbons (Fsp3) is 0.476. The standard InChI is InChI=1S/C21H29N5O5S/c1-14(11-27)22-21(28)24-17-6-4-16(5-7-17)20-23-18(13-32(3,29)30)10-19(25-20)26-8-9-31-12-15(26)2/h4-7,10,14-15,27H,8-9,11-13H2,1-3H3,(H2,22,24,28)/t14?,15-/m0/s1. The van der Waals surface area contributed by atoms with Gasteiger partial charge in [-0.3, -0.25) is 0 Å². The van der Waals surface area contributed by atoms with Gasteiger partial charge in [0.2, 0.25) is 0 Å². The maximum atomic E-state index is 11.9. The molecular weight excluding hydrogens is 434 g/mol. The van der Waals surface area contributed by atoms with Crippen LogP contribution in [0.2, 0.25) is 0 Å². The molecule has 11 heteroatoms. The Kier molecular flexibility index (Phi) is 7.64. The van der Waals surface area contributed by atoms with Gasteiger partial charge in [-0.1, -0.05) is 0 Å². The molecule has 10 nitrogen and oxygen atoms in total. The summed E-state index contributed by atoms with van der Waals surface area (Å²) in [5.41, 5.74) is 1.67. The highest BCUT2D eigenvalue weighted by atomic mass is 32.2. The largest absolute Gasteiger partial charge is 0.394 e. The summed E-state index contributed by atoms with van der Waals surface area (Å²) in [6, 6.07) is 7.98.